The van der Waals surface area contributed by atoms with Crippen molar-refractivity contribution in [2.24, 2.45) is 0 Å². The largest absolute Gasteiger partial charge is 0.493 e. The number of nitrogens with one attached hydrogen (secondary N) is 2. The fourth-order valence-corrected chi connectivity index (χ4v) is 7.35. The second-order valence-corrected chi connectivity index (χ2v) is 13.1. The Morgan fingerprint density at radius 2 is 1.68 bits per heavy atom. The van der Waals surface area contributed by atoms with Gasteiger partial charge < -0.3 is 34.1 Å². The average Bonchev–Trinajstić information content (AvgIpc) is 3.63. The fraction of sp³-hybridized carbons (Fsp3) is 0.500. The van der Waals surface area contributed by atoms with Crippen LogP contribution < -0.4 is 20.1 Å². The van der Waals surface area contributed by atoms with E-state index in [4.69, 9.17) is 18.9 Å². The van der Waals surface area contributed by atoms with Gasteiger partial charge in [0.1, 0.15) is 9.88 Å². The van der Waals surface area contributed by atoms with Gasteiger partial charge in [0, 0.05) is 11.6 Å². The maximum atomic E-state index is 13.5. The van der Waals surface area contributed by atoms with Gasteiger partial charge in [-0.25, -0.2) is 9.59 Å². The second kappa shape index (κ2) is 16.6. The van der Waals surface area contributed by atoms with Crippen LogP contribution in [0, 0.1) is 6.92 Å². The number of nitrogens with zero attached hydrogens (tertiary/aromatic N) is 3. The molecule has 47 heavy (non-hydrogen) atoms. The summed E-state index contributed by atoms with van der Waals surface area (Å²) in [6.45, 7) is 7.17. The maximum Gasteiger partial charge on any atom is 0.348 e. The third-order valence-electron chi connectivity index (χ3n) is 7.70. The summed E-state index contributed by atoms with van der Waals surface area (Å²) in [6, 6.07) is 5.05. The minimum absolute atomic E-state index is 0.118. The van der Waals surface area contributed by atoms with Crippen LogP contribution in [-0.2, 0) is 20.8 Å². The number of aromatic nitrogens is 3. The van der Waals surface area contributed by atoms with Crippen LogP contribution in [0.5, 0.6) is 11.5 Å². The Morgan fingerprint density at radius 1 is 1.00 bits per heavy atom. The molecule has 0 aliphatic heterocycles. The molecule has 1 aliphatic carbocycles. The molecule has 1 saturated carbocycles. The topological polar surface area (TPSA) is 160 Å². The number of methoxy groups -OCH3 is 2. The van der Waals surface area contributed by atoms with Crippen LogP contribution in [0.3, 0.4) is 0 Å². The minimum atomic E-state index is -0.653. The third kappa shape index (κ3) is 8.44. The van der Waals surface area contributed by atoms with Crippen LogP contribution in [-0.4, -0.2) is 71.2 Å². The molecule has 13 nitrogen and oxygen atoms in total. The summed E-state index contributed by atoms with van der Waals surface area (Å²) < 4.78 is 23.0. The Morgan fingerprint density at radius 3 is 2.34 bits per heavy atom. The third-order valence-corrected chi connectivity index (χ3v) is 9.95. The molecule has 4 rings (SSSR count). The standard InChI is InChI=1S/C32H41N5O8S2/c1-7-44-30(40)25-18(3)26(31(41)45-8-2)47-29(25)34-27(38)19(4)46-32-36-35-24(37(32)21-12-10-9-11-13-21)17-33-28(39)20-14-15-22(42-5)23(16-20)43-6/h14-16,19,21H,7-13,17H2,1-6H3,(H,33,39)(H,34,38). The lowest BCUT2D eigenvalue weighted by Crippen LogP contribution is -2.27. The van der Waals surface area contributed by atoms with Crippen molar-refractivity contribution in [1.29, 1.82) is 0 Å². The summed E-state index contributed by atoms with van der Waals surface area (Å²) in [5.74, 6) is -0.361. The van der Waals surface area contributed by atoms with Crippen LogP contribution in [0.2, 0.25) is 0 Å². The first-order chi connectivity index (χ1) is 22.6. The smallest absolute Gasteiger partial charge is 0.348 e. The van der Waals surface area contributed by atoms with E-state index in [1.54, 1.807) is 45.9 Å². The van der Waals surface area contributed by atoms with Crippen molar-refractivity contribution in [2.45, 2.75) is 82.8 Å². The quantitative estimate of drug-likeness (QED) is 0.161. The number of thioether (sulfide) groups is 1. The molecule has 2 heterocycles. The van der Waals surface area contributed by atoms with Gasteiger partial charge in [0.05, 0.1) is 44.8 Å². The molecule has 0 radical (unpaired) electrons. The lowest BCUT2D eigenvalue weighted by molar-refractivity contribution is -0.115. The van der Waals surface area contributed by atoms with Crippen molar-refractivity contribution in [2.75, 3.05) is 32.8 Å². The summed E-state index contributed by atoms with van der Waals surface area (Å²) in [5.41, 5.74) is 0.922. The number of carbonyl (C=O) groups excluding carboxylic acids is 4. The monoisotopic (exact) mass is 687 g/mol. The van der Waals surface area contributed by atoms with E-state index in [9.17, 15) is 19.2 Å². The predicted octanol–water partition coefficient (Wildman–Crippen LogP) is 5.57. The van der Waals surface area contributed by atoms with Gasteiger partial charge in [-0.15, -0.1) is 21.5 Å². The number of hydrogen-bond acceptors (Lipinski definition) is 12. The molecule has 1 atom stereocenters. The maximum absolute atomic E-state index is 13.5. The fourth-order valence-electron chi connectivity index (χ4n) is 5.32. The number of carbonyl (C=O) groups is 4. The van der Waals surface area contributed by atoms with Crippen molar-refractivity contribution in [1.82, 2.24) is 20.1 Å². The summed E-state index contributed by atoms with van der Waals surface area (Å²) in [5, 5.41) is 14.7. The Balaban J connectivity index is 1.54. The highest BCUT2D eigenvalue weighted by Crippen LogP contribution is 2.37. The number of thiophene rings is 1. The van der Waals surface area contributed by atoms with Crippen molar-refractivity contribution >= 4 is 51.9 Å². The molecule has 15 heteroatoms. The molecule has 254 valence electrons. The molecule has 1 unspecified atom stereocenters. The second-order valence-electron chi connectivity index (χ2n) is 10.8. The van der Waals surface area contributed by atoms with Crippen molar-refractivity contribution in [3.05, 3.63) is 45.6 Å². The van der Waals surface area contributed by atoms with Crippen molar-refractivity contribution < 1.29 is 38.1 Å². The number of rotatable bonds is 14. The molecule has 1 aromatic carbocycles. The van der Waals surface area contributed by atoms with Crippen LogP contribution in [0.15, 0.2) is 23.4 Å². The van der Waals surface area contributed by atoms with E-state index in [1.807, 2.05) is 4.57 Å². The highest BCUT2D eigenvalue weighted by molar-refractivity contribution is 8.00. The van der Waals surface area contributed by atoms with Gasteiger partial charge in [0.25, 0.3) is 5.91 Å². The first-order valence-electron chi connectivity index (χ1n) is 15.5. The summed E-state index contributed by atoms with van der Waals surface area (Å²) >= 11 is 2.21. The molecule has 0 bridgehead atoms. The van der Waals surface area contributed by atoms with Gasteiger partial charge in [-0.3, -0.25) is 9.59 Å². The van der Waals surface area contributed by atoms with E-state index in [1.165, 1.54) is 26.0 Å². The molecule has 1 aliphatic rings. The zero-order valence-electron chi connectivity index (χ0n) is 27.5. The Kier molecular flexibility index (Phi) is 12.6. The number of anilines is 1. The van der Waals surface area contributed by atoms with Gasteiger partial charge >= 0.3 is 11.9 Å². The molecular formula is C32H41N5O8S2. The molecule has 2 aromatic heterocycles. The Labute approximate surface area is 282 Å². The van der Waals surface area contributed by atoms with Gasteiger partial charge in [0.15, 0.2) is 22.5 Å². The summed E-state index contributed by atoms with van der Waals surface area (Å²) in [7, 11) is 3.04. The van der Waals surface area contributed by atoms with Crippen LogP contribution in [0.4, 0.5) is 5.00 Å². The van der Waals surface area contributed by atoms with E-state index in [0.29, 0.717) is 33.6 Å². The van der Waals surface area contributed by atoms with Gasteiger partial charge in [-0.2, -0.15) is 0 Å². The zero-order chi connectivity index (χ0) is 34.1. The van der Waals surface area contributed by atoms with Gasteiger partial charge in [-0.05, 0) is 64.3 Å². The number of benzene rings is 1. The van der Waals surface area contributed by atoms with Gasteiger partial charge in [0.2, 0.25) is 5.91 Å². The van der Waals surface area contributed by atoms with E-state index < -0.39 is 23.1 Å². The number of amides is 2. The zero-order valence-corrected chi connectivity index (χ0v) is 29.1. The Hall–Kier alpha value is -4.11. The lowest BCUT2D eigenvalue weighted by atomic mass is 9.95. The SMILES string of the molecule is CCOC(=O)c1sc(NC(=O)C(C)Sc2nnc(CNC(=O)c3ccc(OC)c(OC)c3)n2C2CCCCC2)c(C(=O)OCC)c1C. The van der Waals surface area contributed by atoms with Crippen LogP contribution in [0.1, 0.15) is 101 Å². The van der Waals surface area contributed by atoms with E-state index in [-0.39, 0.29) is 47.1 Å². The molecule has 0 spiro atoms. The molecule has 2 N–H and O–H groups in total. The lowest BCUT2D eigenvalue weighted by Gasteiger charge is -2.26. The Bertz CT molecular complexity index is 1600. The average molecular weight is 688 g/mol. The normalized spacial score (nSPS) is 13.8. The van der Waals surface area contributed by atoms with Crippen molar-refractivity contribution in [3.63, 3.8) is 0 Å². The molecule has 1 fully saturated rings. The molecule has 0 saturated heterocycles. The molecular weight excluding hydrogens is 647 g/mol. The molecule has 2 amide bonds. The highest BCUT2D eigenvalue weighted by atomic mass is 32.2. The number of esters is 2. The number of hydrogen-bond donors (Lipinski definition) is 2. The van der Waals surface area contributed by atoms with Crippen LogP contribution in [0.25, 0.3) is 0 Å². The summed E-state index contributed by atoms with van der Waals surface area (Å²) in [6.07, 6.45) is 5.10. The summed E-state index contributed by atoms with van der Waals surface area (Å²) in [4.78, 5) is 52.2. The van der Waals surface area contributed by atoms with Crippen LogP contribution >= 0.6 is 23.1 Å². The van der Waals surface area contributed by atoms with E-state index in [0.717, 1.165) is 43.4 Å². The number of ether oxygens (including phenoxy) is 4. The van der Waals surface area contributed by atoms with Gasteiger partial charge in [-0.1, -0.05) is 31.0 Å². The predicted molar refractivity (Wildman–Crippen MR) is 178 cm³/mol. The highest BCUT2D eigenvalue weighted by Gasteiger charge is 2.30. The van der Waals surface area contributed by atoms with Crippen molar-refractivity contribution in [3.8, 4) is 11.5 Å². The first-order valence-corrected chi connectivity index (χ1v) is 17.2. The van der Waals surface area contributed by atoms with E-state index in [2.05, 4.69) is 20.8 Å². The molecule has 3 aromatic rings. The minimum Gasteiger partial charge on any atom is -0.493 e. The van der Waals surface area contributed by atoms with E-state index >= 15 is 0 Å². The first kappa shape index (κ1) is 35.7.